The lowest BCUT2D eigenvalue weighted by Crippen LogP contribution is -2.13. The van der Waals surface area contributed by atoms with Gasteiger partial charge in [0.2, 0.25) is 0 Å². The van der Waals surface area contributed by atoms with Gasteiger partial charge in [-0.2, -0.15) is 5.26 Å². The van der Waals surface area contributed by atoms with Gasteiger partial charge in [-0.15, -0.1) is 0 Å². The van der Waals surface area contributed by atoms with E-state index in [0.29, 0.717) is 12.3 Å². The molecule has 0 spiro atoms. The molecule has 0 heterocycles. The molecule has 0 aromatic heterocycles. The zero-order chi connectivity index (χ0) is 20.0. The molecule has 0 atom stereocenters. The largest absolute Gasteiger partial charge is 0.494 e. The molecule has 1 N–H and O–H groups in total. The highest BCUT2D eigenvalue weighted by Gasteiger charge is 2.14. The van der Waals surface area contributed by atoms with Crippen LogP contribution in [0.5, 0.6) is 5.75 Å². The zero-order valence-electron chi connectivity index (χ0n) is 16.0. The average Bonchev–Trinajstić information content (AvgIpc) is 2.63. The second kappa shape index (κ2) is 9.00. The molecule has 0 bridgehead atoms. The van der Waals surface area contributed by atoms with Crippen LogP contribution in [0, 0.1) is 24.1 Å². The molecule has 1 amide bonds. The minimum absolute atomic E-state index is 0.0266. The lowest BCUT2D eigenvalue weighted by atomic mass is 9.95. The van der Waals surface area contributed by atoms with E-state index in [-0.39, 0.29) is 11.5 Å². The molecule has 0 aliphatic heterocycles. The summed E-state index contributed by atoms with van der Waals surface area (Å²) in [7, 11) is 0. The van der Waals surface area contributed by atoms with Crippen LogP contribution in [0.1, 0.15) is 43.4 Å². The number of rotatable bonds is 6. The summed E-state index contributed by atoms with van der Waals surface area (Å²) in [6, 6.07) is 11.2. The second-order valence-electron chi connectivity index (χ2n) is 6.47. The maximum absolute atomic E-state index is 13.0. The highest BCUT2D eigenvalue weighted by molar-refractivity contribution is 6.09. The molecule has 2 rings (SSSR count). The molecule has 2 aromatic carbocycles. The first-order chi connectivity index (χ1) is 12.8. The molecule has 5 heteroatoms. The van der Waals surface area contributed by atoms with E-state index in [1.807, 2.05) is 32.0 Å². The number of aryl methyl sites for hydroxylation is 1. The predicted molar refractivity (Wildman–Crippen MR) is 105 cm³/mol. The third-order valence-corrected chi connectivity index (χ3v) is 4.09. The van der Waals surface area contributed by atoms with Gasteiger partial charge in [0.25, 0.3) is 5.91 Å². The fourth-order valence-corrected chi connectivity index (χ4v) is 2.64. The molecule has 0 aliphatic carbocycles. The molecule has 0 unspecified atom stereocenters. The standard InChI is InChI=1S/C22H23FN2O2/c1-5-27-21-10-15(4)16(12-20(21)14(2)3)11-17(13-24)22(26)25-19-8-6-18(23)7-9-19/h6-12,14H,5H2,1-4H3,(H,25,26)/b17-11+. The van der Waals surface area contributed by atoms with Gasteiger partial charge in [-0.05, 0) is 78.9 Å². The van der Waals surface area contributed by atoms with Crippen LogP contribution in [-0.4, -0.2) is 12.5 Å². The number of nitrogens with one attached hydrogen (secondary N) is 1. The van der Waals surface area contributed by atoms with Gasteiger partial charge >= 0.3 is 0 Å². The Balaban J connectivity index is 2.36. The lowest BCUT2D eigenvalue weighted by molar-refractivity contribution is -0.112. The number of benzene rings is 2. The van der Waals surface area contributed by atoms with Crippen molar-refractivity contribution in [2.75, 3.05) is 11.9 Å². The van der Waals surface area contributed by atoms with E-state index in [0.717, 1.165) is 22.4 Å². The van der Waals surface area contributed by atoms with Gasteiger partial charge in [-0.3, -0.25) is 4.79 Å². The van der Waals surface area contributed by atoms with Crippen molar-refractivity contribution >= 4 is 17.7 Å². The van der Waals surface area contributed by atoms with E-state index < -0.39 is 11.7 Å². The molecule has 140 valence electrons. The van der Waals surface area contributed by atoms with Crippen molar-refractivity contribution < 1.29 is 13.9 Å². The molecule has 0 fully saturated rings. The van der Waals surface area contributed by atoms with Gasteiger partial charge in [0, 0.05) is 5.69 Å². The molecule has 0 saturated carbocycles. The molecular formula is C22H23FN2O2. The summed E-state index contributed by atoms with van der Waals surface area (Å²) in [5.74, 6) is 0.119. The zero-order valence-corrected chi connectivity index (χ0v) is 16.0. The smallest absolute Gasteiger partial charge is 0.266 e. The minimum atomic E-state index is -0.538. The lowest BCUT2D eigenvalue weighted by Gasteiger charge is -2.16. The SMILES string of the molecule is CCOc1cc(C)c(/C=C(\C#N)C(=O)Nc2ccc(F)cc2)cc1C(C)C. The van der Waals surface area contributed by atoms with Crippen molar-refractivity contribution in [1.29, 1.82) is 5.26 Å². The van der Waals surface area contributed by atoms with E-state index in [1.165, 1.54) is 24.3 Å². The number of hydrogen-bond acceptors (Lipinski definition) is 3. The molecular weight excluding hydrogens is 343 g/mol. The summed E-state index contributed by atoms with van der Waals surface area (Å²) in [5, 5.41) is 12.0. The summed E-state index contributed by atoms with van der Waals surface area (Å²) < 4.78 is 18.7. The molecule has 0 radical (unpaired) electrons. The summed E-state index contributed by atoms with van der Waals surface area (Å²) in [4.78, 5) is 12.4. The van der Waals surface area contributed by atoms with Gasteiger partial charge in [0.1, 0.15) is 23.2 Å². The number of carbonyl (C=O) groups excluding carboxylic acids is 1. The van der Waals surface area contributed by atoms with Crippen molar-refractivity contribution in [1.82, 2.24) is 0 Å². The van der Waals surface area contributed by atoms with Crippen molar-refractivity contribution in [2.45, 2.75) is 33.6 Å². The maximum atomic E-state index is 13.0. The highest BCUT2D eigenvalue weighted by Crippen LogP contribution is 2.31. The van der Waals surface area contributed by atoms with Gasteiger partial charge in [-0.1, -0.05) is 13.8 Å². The van der Waals surface area contributed by atoms with Crippen LogP contribution in [-0.2, 0) is 4.79 Å². The van der Waals surface area contributed by atoms with Crippen LogP contribution in [0.4, 0.5) is 10.1 Å². The van der Waals surface area contributed by atoms with Gasteiger partial charge in [-0.25, -0.2) is 4.39 Å². The molecule has 2 aromatic rings. The third kappa shape index (κ3) is 5.18. The number of hydrogen-bond donors (Lipinski definition) is 1. The highest BCUT2D eigenvalue weighted by atomic mass is 19.1. The van der Waals surface area contributed by atoms with Crippen molar-refractivity contribution in [2.24, 2.45) is 0 Å². The summed E-state index contributed by atoms with van der Waals surface area (Å²) in [6.07, 6.45) is 1.57. The molecule has 4 nitrogen and oxygen atoms in total. The van der Waals surface area contributed by atoms with Crippen LogP contribution >= 0.6 is 0 Å². The van der Waals surface area contributed by atoms with Crippen LogP contribution < -0.4 is 10.1 Å². The Labute approximate surface area is 159 Å². The number of anilines is 1. The Morgan fingerprint density at radius 1 is 1.30 bits per heavy atom. The quantitative estimate of drug-likeness (QED) is 0.564. The fraction of sp³-hybridized carbons (Fsp3) is 0.273. The van der Waals surface area contributed by atoms with Crippen molar-refractivity contribution in [3.63, 3.8) is 0 Å². The topological polar surface area (TPSA) is 62.1 Å². The number of ether oxygens (including phenoxy) is 1. The first-order valence-electron chi connectivity index (χ1n) is 8.81. The van der Waals surface area contributed by atoms with E-state index in [1.54, 1.807) is 6.08 Å². The van der Waals surface area contributed by atoms with Crippen molar-refractivity contribution in [3.05, 3.63) is 64.5 Å². The maximum Gasteiger partial charge on any atom is 0.266 e. The monoisotopic (exact) mass is 366 g/mol. The number of carbonyl (C=O) groups is 1. The Morgan fingerprint density at radius 3 is 2.52 bits per heavy atom. The normalized spacial score (nSPS) is 11.2. The predicted octanol–water partition coefficient (Wildman–Crippen LogP) is 5.20. The van der Waals surface area contributed by atoms with Gasteiger partial charge < -0.3 is 10.1 Å². The molecule has 0 aliphatic rings. The first kappa shape index (κ1) is 20.2. The van der Waals surface area contributed by atoms with Gasteiger partial charge in [0.05, 0.1) is 6.61 Å². The summed E-state index contributed by atoms with van der Waals surface area (Å²) in [5.41, 5.74) is 3.11. The number of amides is 1. The van der Waals surface area contributed by atoms with Gasteiger partial charge in [0.15, 0.2) is 0 Å². The van der Waals surface area contributed by atoms with E-state index in [4.69, 9.17) is 4.74 Å². The van der Waals surface area contributed by atoms with E-state index in [2.05, 4.69) is 19.2 Å². The van der Waals surface area contributed by atoms with Crippen LogP contribution in [0.15, 0.2) is 42.0 Å². The fourth-order valence-electron chi connectivity index (χ4n) is 2.64. The second-order valence-corrected chi connectivity index (χ2v) is 6.47. The van der Waals surface area contributed by atoms with E-state index >= 15 is 0 Å². The first-order valence-corrected chi connectivity index (χ1v) is 8.81. The average molecular weight is 366 g/mol. The van der Waals surface area contributed by atoms with Crippen molar-refractivity contribution in [3.8, 4) is 11.8 Å². The molecule has 0 saturated heterocycles. The Kier molecular flexibility index (Phi) is 6.73. The Morgan fingerprint density at radius 2 is 1.96 bits per heavy atom. The number of halogens is 1. The molecule has 27 heavy (non-hydrogen) atoms. The number of nitrogens with zero attached hydrogens (tertiary/aromatic N) is 1. The van der Waals surface area contributed by atoms with Crippen LogP contribution in [0.3, 0.4) is 0 Å². The summed E-state index contributed by atoms with van der Waals surface area (Å²) >= 11 is 0. The van der Waals surface area contributed by atoms with Crippen LogP contribution in [0.2, 0.25) is 0 Å². The minimum Gasteiger partial charge on any atom is -0.494 e. The third-order valence-electron chi connectivity index (χ3n) is 4.09. The number of nitriles is 1. The van der Waals surface area contributed by atoms with E-state index in [9.17, 15) is 14.4 Å². The van der Waals surface area contributed by atoms with Crippen LogP contribution in [0.25, 0.3) is 6.08 Å². The Hall–Kier alpha value is -3.13. The Bertz CT molecular complexity index is 894. The summed E-state index contributed by atoms with van der Waals surface area (Å²) in [6.45, 7) is 8.53.